The normalized spacial score (nSPS) is 20.5. The van der Waals surface area contributed by atoms with E-state index in [9.17, 15) is 4.79 Å². The van der Waals surface area contributed by atoms with Gasteiger partial charge in [0.1, 0.15) is 0 Å². The maximum absolute atomic E-state index is 11.8. The molecule has 0 aromatic carbocycles. The van der Waals surface area contributed by atoms with E-state index in [0.717, 1.165) is 18.0 Å². The van der Waals surface area contributed by atoms with Crippen LogP contribution in [-0.2, 0) is 0 Å². The second kappa shape index (κ2) is 5.57. The molecule has 88 valence electrons. The summed E-state index contributed by atoms with van der Waals surface area (Å²) in [7, 11) is 2.02. The van der Waals surface area contributed by atoms with Crippen LogP contribution in [0.3, 0.4) is 0 Å². The number of thiophene rings is 1. The maximum atomic E-state index is 11.8. The van der Waals surface area contributed by atoms with E-state index in [1.54, 1.807) is 0 Å². The zero-order valence-corrected chi connectivity index (χ0v) is 10.4. The molecule has 0 unspecified atom stereocenters. The molecule has 0 amide bonds. The SMILES string of the molecule is CN(CC(=O)c1cccs1)C[C@H]1CCCN1. The first-order chi connectivity index (χ1) is 7.75. The fourth-order valence-corrected chi connectivity index (χ4v) is 2.77. The van der Waals surface area contributed by atoms with Gasteiger partial charge in [0.2, 0.25) is 0 Å². The molecule has 3 nitrogen and oxygen atoms in total. The van der Waals surface area contributed by atoms with Crippen LogP contribution in [-0.4, -0.2) is 43.4 Å². The molecule has 1 fully saturated rings. The number of likely N-dealkylation sites (N-methyl/N-ethyl adjacent to an activating group) is 1. The van der Waals surface area contributed by atoms with Crippen LogP contribution < -0.4 is 5.32 Å². The number of rotatable bonds is 5. The largest absolute Gasteiger partial charge is 0.313 e. The number of hydrogen-bond donors (Lipinski definition) is 1. The maximum Gasteiger partial charge on any atom is 0.186 e. The molecule has 2 rings (SSSR count). The Morgan fingerprint density at radius 3 is 3.19 bits per heavy atom. The Balaban J connectivity index is 1.78. The minimum absolute atomic E-state index is 0.232. The molecule has 2 heterocycles. The number of carbonyl (C=O) groups excluding carboxylic acids is 1. The lowest BCUT2D eigenvalue weighted by atomic mass is 10.2. The Kier molecular flexibility index (Phi) is 4.09. The Morgan fingerprint density at radius 1 is 1.69 bits per heavy atom. The number of Topliss-reactive ketones (excluding diaryl/α,β-unsaturated/α-hetero) is 1. The highest BCUT2D eigenvalue weighted by molar-refractivity contribution is 7.12. The van der Waals surface area contributed by atoms with Crippen LogP contribution in [0.25, 0.3) is 0 Å². The summed E-state index contributed by atoms with van der Waals surface area (Å²) in [5, 5.41) is 5.40. The number of hydrogen-bond acceptors (Lipinski definition) is 4. The van der Waals surface area contributed by atoms with Crippen molar-refractivity contribution in [2.75, 3.05) is 26.7 Å². The van der Waals surface area contributed by atoms with Gasteiger partial charge in [0.05, 0.1) is 11.4 Å². The highest BCUT2D eigenvalue weighted by atomic mass is 32.1. The van der Waals surface area contributed by atoms with Gasteiger partial charge in [-0.3, -0.25) is 9.69 Å². The molecule has 1 aromatic heterocycles. The average molecular weight is 238 g/mol. The number of carbonyl (C=O) groups is 1. The molecule has 1 saturated heterocycles. The average Bonchev–Trinajstić information content (AvgIpc) is 2.88. The van der Waals surface area contributed by atoms with Crippen molar-refractivity contribution >= 4 is 17.1 Å². The van der Waals surface area contributed by atoms with Gasteiger partial charge in [-0.25, -0.2) is 0 Å². The zero-order valence-electron chi connectivity index (χ0n) is 9.61. The van der Waals surface area contributed by atoms with E-state index >= 15 is 0 Å². The molecular formula is C12H18N2OS. The van der Waals surface area contributed by atoms with E-state index in [1.807, 2.05) is 24.6 Å². The summed E-state index contributed by atoms with van der Waals surface area (Å²) in [6, 6.07) is 4.39. The first kappa shape index (κ1) is 11.8. The van der Waals surface area contributed by atoms with Crippen molar-refractivity contribution in [3.63, 3.8) is 0 Å². The fourth-order valence-electron chi connectivity index (χ4n) is 2.11. The smallest absolute Gasteiger partial charge is 0.186 e. The zero-order chi connectivity index (χ0) is 11.4. The third kappa shape index (κ3) is 3.14. The summed E-state index contributed by atoms with van der Waals surface area (Å²) in [5.41, 5.74) is 0. The first-order valence-corrected chi connectivity index (χ1v) is 6.62. The molecule has 16 heavy (non-hydrogen) atoms. The molecule has 0 saturated carbocycles. The van der Waals surface area contributed by atoms with E-state index in [0.29, 0.717) is 12.6 Å². The lowest BCUT2D eigenvalue weighted by Crippen LogP contribution is -2.37. The minimum Gasteiger partial charge on any atom is -0.313 e. The van der Waals surface area contributed by atoms with Gasteiger partial charge in [0, 0.05) is 12.6 Å². The molecule has 4 heteroatoms. The Hall–Kier alpha value is -0.710. The molecule has 0 spiro atoms. The number of ketones is 1. The lowest BCUT2D eigenvalue weighted by Gasteiger charge is -2.19. The van der Waals surface area contributed by atoms with E-state index in [4.69, 9.17) is 0 Å². The van der Waals surface area contributed by atoms with Crippen LogP contribution in [0, 0.1) is 0 Å². The molecule has 1 aromatic rings. The number of nitrogens with zero attached hydrogens (tertiary/aromatic N) is 1. The van der Waals surface area contributed by atoms with Crippen molar-refractivity contribution in [3.05, 3.63) is 22.4 Å². The van der Waals surface area contributed by atoms with Crippen LogP contribution in [0.4, 0.5) is 0 Å². The molecular weight excluding hydrogens is 220 g/mol. The standard InChI is InChI=1S/C12H18N2OS/c1-14(8-10-4-2-6-13-10)9-11(15)12-5-3-7-16-12/h3,5,7,10,13H,2,4,6,8-9H2,1H3/t10-/m1/s1. The highest BCUT2D eigenvalue weighted by Crippen LogP contribution is 2.11. The summed E-state index contributed by atoms with van der Waals surface area (Å²) in [6.45, 7) is 2.62. The van der Waals surface area contributed by atoms with Crippen molar-refractivity contribution in [2.24, 2.45) is 0 Å². The Bertz CT molecular complexity index is 331. The lowest BCUT2D eigenvalue weighted by molar-refractivity contribution is 0.0946. The molecule has 1 aliphatic heterocycles. The van der Waals surface area contributed by atoms with E-state index < -0.39 is 0 Å². The molecule has 0 bridgehead atoms. The van der Waals surface area contributed by atoms with Gasteiger partial charge in [0.15, 0.2) is 5.78 Å². The summed E-state index contributed by atoms with van der Waals surface area (Å²) < 4.78 is 0. The third-order valence-corrected chi connectivity index (χ3v) is 3.81. The summed E-state index contributed by atoms with van der Waals surface area (Å²) in [4.78, 5) is 14.8. The van der Waals surface area contributed by atoms with Crippen LogP contribution in [0.2, 0.25) is 0 Å². The summed E-state index contributed by atoms with van der Waals surface area (Å²) in [6.07, 6.45) is 2.49. The van der Waals surface area contributed by atoms with Gasteiger partial charge < -0.3 is 5.32 Å². The molecule has 1 N–H and O–H groups in total. The molecule has 1 atom stereocenters. The first-order valence-electron chi connectivity index (χ1n) is 5.74. The van der Waals surface area contributed by atoms with Crippen molar-refractivity contribution in [1.82, 2.24) is 10.2 Å². The van der Waals surface area contributed by atoms with Gasteiger partial charge in [-0.15, -0.1) is 11.3 Å². The number of nitrogens with one attached hydrogen (secondary N) is 1. The quantitative estimate of drug-likeness (QED) is 0.791. The molecule has 0 aliphatic carbocycles. The van der Waals surface area contributed by atoms with Crippen LogP contribution in [0.15, 0.2) is 17.5 Å². The molecule has 0 radical (unpaired) electrons. The van der Waals surface area contributed by atoms with Crippen molar-refractivity contribution in [3.8, 4) is 0 Å². The Labute approximate surface area is 100 Å². The van der Waals surface area contributed by atoms with Crippen molar-refractivity contribution in [2.45, 2.75) is 18.9 Å². The monoisotopic (exact) mass is 238 g/mol. The highest BCUT2D eigenvalue weighted by Gasteiger charge is 2.17. The van der Waals surface area contributed by atoms with Gasteiger partial charge in [-0.1, -0.05) is 6.07 Å². The van der Waals surface area contributed by atoms with E-state index in [-0.39, 0.29) is 5.78 Å². The topological polar surface area (TPSA) is 32.3 Å². The fraction of sp³-hybridized carbons (Fsp3) is 0.583. The second-order valence-electron chi connectivity index (χ2n) is 4.39. The summed E-state index contributed by atoms with van der Waals surface area (Å²) >= 11 is 1.52. The minimum atomic E-state index is 0.232. The summed E-state index contributed by atoms with van der Waals surface area (Å²) in [5.74, 6) is 0.232. The van der Waals surface area contributed by atoms with E-state index in [1.165, 1.54) is 24.2 Å². The predicted octanol–water partition coefficient (Wildman–Crippen LogP) is 1.61. The van der Waals surface area contributed by atoms with Gasteiger partial charge in [-0.2, -0.15) is 0 Å². The van der Waals surface area contributed by atoms with Gasteiger partial charge in [0.25, 0.3) is 0 Å². The van der Waals surface area contributed by atoms with Crippen molar-refractivity contribution in [1.29, 1.82) is 0 Å². The van der Waals surface area contributed by atoms with Crippen molar-refractivity contribution < 1.29 is 4.79 Å². The van der Waals surface area contributed by atoms with E-state index in [2.05, 4.69) is 10.2 Å². The van der Waals surface area contributed by atoms with Crippen LogP contribution in [0.1, 0.15) is 22.5 Å². The van der Waals surface area contributed by atoms with Gasteiger partial charge >= 0.3 is 0 Å². The van der Waals surface area contributed by atoms with Gasteiger partial charge in [-0.05, 0) is 37.9 Å². The second-order valence-corrected chi connectivity index (χ2v) is 5.34. The third-order valence-electron chi connectivity index (χ3n) is 2.90. The van der Waals surface area contributed by atoms with Crippen LogP contribution in [0.5, 0.6) is 0 Å². The molecule has 1 aliphatic rings. The Morgan fingerprint density at radius 2 is 2.56 bits per heavy atom. The predicted molar refractivity (Wildman–Crippen MR) is 67.2 cm³/mol. The van der Waals surface area contributed by atoms with Crippen LogP contribution >= 0.6 is 11.3 Å².